The van der Waals surface area contributed by atoms with E-state index in [2.05, 4.69) is 17.1 Å². The minimum atomic E-state index is 0.413. The van der Waals surface area contributed by atoms with Crippen LogP contribution in [0.5, 0.6) is 0 Å². The summed E-state index contributed by atoms with van der Waals surface area (Å²) < 4.78 is 0. The molecule has 0 radical (unpaired) electrons. The number of amides is 1. The van der Waals surface area contributed by atoms with E-state index in [1.807, 2.05) is 0 Å². The first-order chi connectivity index (χ1) is 8.81. The van der Waals surface area contributed by atoms with E-state index in [9.17, 15) is 4.79 Å². The topological polar surface area (TPSA) is 32.3 Å². The number of hydrogen-bond acceptors (Lipinski definition) is 2. The summed E-state index contributed by atoms with van der Waals surface area (Å²) in [6.45, 7) is 5.47. The minimum Gasteiger partial charge on any atom is -0.340 e. The Kier molecular flexibility index (Phi) is 5.48. The van der Waals surface area contributed by atoms with Crippen molar-refractivity contribution < 1.29 is 4.79 Å². The van der Waals surface area contributed by atoms with E-state index in [1.165, 1.54) is 32.1 Å². The molecule has 2 aliphatic rings. The van der Waals surface area contributed by atoms with Crippen LogP contribution in [0.4, 0.5) is 0 Å². The van der Waals surface area contributed by atoms with E-state index < -0.39 is 0 Å². The summed E-state index contributed by atoms with van der Waals surface area (Å²) in [5.74, 6) is 1.15. The van der Waals surface area contributed by atoms with Crippen LogP contribution in [0.2, 0.25) is 0 Å². The van der Waals surface area contributed by atoms with Gasteiger partial charge < -0.3 is 10.2 Å². The molecule has 2 saturated heterocycles. The molecule has 0 bridgehead atoms. The number of carbonyl (C=O) groups excluding carboxylic acids is 1. The van der Waals surface area contributed by atoms with E-state index >= 15 is 0 Å². The molecule has 3 heteroatoms. The maximum absolute atomic E-state index is 12.4. The molecule has 0 spiro atoms. The molecule has 2 rings (SSSR count). The molecule has 0 aromatic rings. The number of nitrogens with one attached hydrogen (secondary N) is 1. The van der Waals surface area contributed by atoms with E-state index in [1.54, 1.807) is 0 Å². The summed E-state index contributed by atoms with van der Waals surface area (Å²) in [5, 5.41) is 3.38. The number of nitrogens with zero attached hydrogens (tertiary/aromatic N) is 1. The quantitative estimate of drug-likeness (QED) is 0.834. The van der Waals surface area contributed by atoms with Gasteiger partial charge in [0, 0.05) is 19.0 Å². The molecule has 0 aromatic heterocycles. The van der Waals surface area contributed by atoms with Crippen LogP contribution >= 0.6 is 0 Å². The number of likely N-dealkylation sites (tertiary alicyclic amines) is 1. The van der Waals surface area contributed by atoms with Crippen LogP contribution in [0.1, 0.15) is 58.3 Å². The van der Waals surface area contributed by atoms with Crippen molar-refractivity contribution in [1.29, 1.82) is 0 Å². The Bertz CT molecular complexity index is 261. The predicted octanol–water partition coefficient (Wildman–Crippen LogP) is 2.56. The summed E-state index contributed by atoms with van der Waals surface area (Å²) in [4.78, 5) is 14.6. The van der Waals surface area contributed by atoms with Gasteiger partial charge in [-0.25, -0.2) is 0 Å². The molecule has 2 heterocycles. The Balaban J connectivity index is 1.80. The van der Waals surface area contributed by atoms with Gasteiger partial charge in [0.2, 0.25) is 5.91 Å². The molecule has 2 fully saturated rings. The van der Waals surface area contributed by atoms with Crippen molar-refractivity contribution in [3.63, 3.8) is 0 Å². The second kappa shape index (κ2) is 7.13. The zero-order valence-corrected chi connectivity index (χ0v) is 11.8. The fourth-order valence-electron chi connectivity index (χ4n) is 3.36. The molecule has 0 saturated carbocycles. The highest BCUT2D eigenvalue weighted by Crippen LogP contribution is 2.22. The Hall–Kier alpha value is -0.570. The van der Waals surface area contributed by atoms with Crippen molar-refractivity contribution in [3.8, 4) is 0 Å². The number of carbonyl (C=O) groups is 1. The minimum absolute atomic E-state index is 0.413. The van der Waals surface area contributed by atoms with Gasteiger partial charge in [-0.05, 0) is 51.1 Å². The first kappa shape index (κ1) is 13.9. The van der Waals surface area contributed by atoms with Crippen LogP contribution < -0.4 is 5.32 Å². The summed E-state index contributed by atoms with van der Waals surface area (Å²) in [5.41, 5.74) is 0. The molecule has 3 nitrogen and oxygen atoms in total. The van der Waals surface area contributed by atoms with Crippen LogP contribution in [-0.2, 0) is 4.79 Å². The lowest BCUT2D eigenvalue weighted by Gasteiger charge is -2.29. The van der Waals surface area contributed by atoms with E-state index in [0.29, 0.717) is 11.9 Å². The predicted molar refractivity (Wildman–Crippen MR) is 74.5 cm³/mol. The number of rotatable bonds is 4. The number of hydrogen-bond donors (Lipinski definition) is 1. The van der Waals surface area contributed by atoms with Gasteiger partial charge >= 0.3 is 0 Å². The van der Waals surface area contributed by atoms with Gasteiger partial charge in [-0.2, -0.15) is 0 Å². The van der Waals surface area contributed by atoms with E-state index in [-0.39, 0.29) is 0 Å². The van der Waals surface area contributed by atoms with Crippen LogP contribution in [0.15, 0.2) is 0 Å². The average Bonchev–Trinajstić information content (AvgIpc) is 2.79. The first-order valence-electron chi connectivity index (χ1n) is 7.81. The standard InChI is InChI=1S/C15H28N2O/c1-2-14-6-4-3-5-11-17(14)15(18)8-7-13-9-10-16-12-13/h13-14,16H,2-12H2,1H3. The molecule has 0 aromatic carbocycles. The van der Waals surface area contributed by atoms with Crippen molar-refractivity contribution in [1.82, 2.24) is 10.2 Å². The monoisotopic (exact) mass is 252 g/mol. The molecule has 0 aliphatic carbocycles. The first-order valence-corrected chi connectivity index (χ1v) is 7.81. The smallest absolute Gasteiger partial charge is 0.222 e. The highest BCUT2D eigenvalue weighted by atomic mass is 16.2. The van der Waals surface area contributed by atoms with Gasteiger partial charge in [0.25, 0.3) is 0 Å². The zero-order chi connectivity index (χ0) is 12.8. The lowest BCUT2D eigenvalue weighted by Crippen LogP contribution is -2.39. The third-order valence-electron chi connectivity index (χ3n) is 4.60. The third kappa shape index (κ3) is 3.71. The molecule has 104 valence electrons. The maximum atomic E-state index is 12.4. The molecular formula is C15H28N2O. The Labute approximate surface area is 111 Å². The maximum Gasteiger partial charge on any atom is 0.222 e. The molecule has 1 N–H and O–H groups in total. The van der Waals surface area contributed by atoms with Gasteiger partial charge in [-0.1, -0.05) is 19.8 Å². The fourth-order valence-corrected chi connectivity index (χ4v) is 3.36. The van der Waals surface area contributed by atoms with Crippen molar-refractivity contribution in [2.24, 2.45) is 5.92 Å². The van der Waals surface area contributed by atoms with E-state index in [0.717, 1.165) is 44.8 Å². The average molecular weight is 252 g/mol. The Morgan fingerprint density at radius 2 is 2.17 bits per heavy atom. The second-order valence-corrected chi connectivity index (χ2v) is 5.90. The van der Waals surface area contributed by atoms with Gasteiger partial charge in [0.05, 0.1) is 0 Å². The lowest BCUT2D eigenvalue weighted by atomic mass is 10.0. The molecule has 2 unspecified atom stereocenters. The molecule has 2 atom stereocenters. The van der Waals surface area contributed by atoms with Crippen molar-refractivity contribution >= 4 is 5.91 Å². The summed E-state index contributed by atoms with van der Waals surface area (Å²) in [6, 6.07) is 0.515. The van der Waals surface area contributed by atoms with Crippen LogP contribution in [0, 0.1) is 5.92 Å². The van der Waals surface area contributed by atoms with Crippen molar-refractivity contribution in [2.45, 2.75) is 64.3 Å². The summed E-state index contributed by atoms with van der Waals surface area (Å²) in [7, 11) is 0. The zero-order valence-electron chi connectivity index (χ0n) is 11.8. The largest absolute Gasteiger partial charge is 0.340 e. The van der Waals surface area contributed by atoms with Crippen LogP contribution in [0.25, 0.3) is 0 Å². The fraction of sp³-hybridized carbons (Fsp3) is 0.933. The van der Waals surface area contributed by atoms with Gasteiger partial charge in [0.15, 0.2) is 0 Å². The highest BCUT2D eigenvalue weighted by Gasteiger charge is 2.24. The lowest BCUT2D eigenvalue weighted by molar-refractivity contribution is -0.133. The van der Waals surface area contributed by atoms with Crippen molar-refractivity contribution in [3.05, 3.63) is 0 Å². The summed E-state index contributed by atoms with van der Waals surface area (Å²) in [6.07, 6.45) is 9.24. The van der Waals surface area contributed by atoms with Crippen LogP contribution in [0.3, 0.4) is 0 Å². The summed E-state index contributed by atoms with van der Waals surface area (Å²) >= 11 is 0. The van der Waals surface area contributed by atoms with Crippen molar-refractivity contribution in [2.75, 3.05) is 19.6 Å². The SMILES string of the molecule is CCC1CCCCCN1C(=O)CCC1CCNC1. The normalized spacial score (nSPS) is 29.3. The molecular weight excluding hydrogens is 224 g/mol. The highest BCUT2D eigenvalue weighted by molar-refractivity contribution is 5.76. The second-order valence-electron chi connectivity index (χ2n) is 5.90. The van der Waals surface area contributed by atoms with E-state index in [4.69, 9.17) is 0 Å². The molecule has 2 aliphatic heterocycles. The van der Waals surface area contributed by atoms with Crippen LogP contribution in [-0.4, -0.2) is 36.5 Å². The third-order valence-corrected chi connectivity index (χ3v) is 4.60. The molecule has 18 heavy (non-hydrogen) atoms. The van der Waals surface area contributed by atoms with Gasteiger partial charge in [0.1, 0.15) is 0 Å². The molecule has 1 amide bonds. The van der Waals surface area contributed by atoms with Gasteiger partial charge in [-0.15, -0.1) is 0 Å². The Morgan fingerprint density at radius 3 is 2.89 bits per heavy atom. The van der Waals surface area contributed by atoms with Gasteiger partial charge in [-0.3, -0.25) is 4.79 Å². The Morgan fingerprint density at radius 1 is 1.28 bits per heavy atom.